The lowest BCUT2D eigenvalue weighted by Crippen LogP contribution is -1.94. The van der Waals surface area contributed by atoms with Gasteiger partial charge in [-0.25, -0.2) is 4.79 Å². The summed E-state index contributed by atoms with van der Waals surface area (Å²) < 4.78 is 0. The fourth-order valence-electron chi connectivity index (χ4n) is 1.40. The van der Waals surface area contributed by atoms with Crippen molar-refractivity contribution >= 4 is 16.9 Å². The van der Waals surface area contributed by atoms with Gasteiger partial charge >= 0.3 is 5.97 Å². The first-order valence-corrected chi connectivity index (χ1v) is 3.99. The molecule has 0 aliphatic carbocycles. The zero-order valence-electron chi connectivity index (χ0n) is 7.16. The molecular formula is C11H13NO2. The lowest BCUT2D eigenvalue weighted by Gasteiger charge is -1.94. The SMILES string of the molecule is C.Cc1c[nH]c2cc(C(=O)O)ccc12. The van der Waals surface area contributed by atoms with Crippen LogP contribution < -0.4 is 0 Å². The van der Waals surface area contributed by atoms with Crippen LogP contribution in [0.25, 0.3) is 10.9 Å². The van der Waals surface area contributed by atoms with Crippen LogP contribution >= 0.6 is 0 Å². The molecule has 0 fully saturated rings. The van der Waals surface area contributed by atoms with Gasteiger partial charge in [-0.1, -0.05) is 13.5 Å². The Bertz CT molecular complexity index is 471. The molecule has 0 atom stereocenters. The van der Waals surface area contributed by atoms with Crippen molar-refractivity contribution in [3.63, 3.8) is 0 Å². The first kappa shape index (κ1) is 10.3. The second-order valence-corrected chi connectivity index (χ2v) is 3.04. The van der Waals surface area contributed by atoms with E-state index < -0.39 is 5.97 Å². The van der Waals surface area contributed by atoms with Gasteiger partial charge in [0.15, 0.2) is 0 Å². The van der Waals surface area contributed by atoms with Crippen LogP contribution in [-0.2, 0) is 0 Å². The summed E-state index contributed by atoms with van der Waals surface area (Å²) in [4.78, 5) is 13.7. The zero-order valence-corrected chi connectivity index (χ0v) is 7.16. The molecule has 1 aromatic heterocycles. The van der Waals surface area contributed by atoms with E-state index in [9.17, 15) is 4.79 Å². The summed E-state index contributed by atoms with van der Waals surface area (Å²) in [5.74, 6) is -0.894. The summed E-state index contributed by atoms with van der Waals surface area (Å²) in [6, 6.07) is 5.08. The molecule has 0 aliphatic rings. The molecule has 0 amide bonds. The smallest absolute Gasteiger partial charge is 0.335 e. The Kier molecular flexibility index (Phi) is 2.60. The average molecular weight is 191 g/mol. The van der Waals surface area contributed by atoms with E-state index in [1.807, 2.05) is 19.2 Å². The highest BCUT2D eigenvalue weighted by Gasteiger charge is 2.05. The summed E-state index contributed by atoms with van der Waals surface area (Å²) in [7, 11) is 0. The van der Waals surface area contributed by atoms with Crippen molar-refractivity contribution in [2.24, 2.45) is 0 Å². The Morgan fingerprint density at radius 2 is 2.14 bits per heavy atom. The molecule has 2 N–H and O–H groups in total. The van der Waals surface area contributed by atoms with Gasteiger partial charge in [0.2, 0.25) is 0 Å². The Morgan fingerprint density at radius 1 is 1.43 bits per heavy atom. The van der Waals surface area contributed by atoms with E-state index in [0.717, 1.165) is 16.5 Å². The minimum Gasteiger partial charge on any atom is -0.478 e. The van der Waals surface area contributed by atoms with E-state index in [1.54, 1.807) is 12.1 Å². The first-order chi connectivity index (χ1) is 6.18. The standard InChI is InChI=1S/C10H9NO2.CH4/c1-6-5-11-9-4-7(10(12)13)2-3-8(6)9;/h2-5,11H,1H3,(H,12,13);1H4. The van der Waals surface area contributed by atoms with E-state index in [0.29, 0.717) is 5.56 Å². The van der Waals surface area contributed by atoms with Crippen LogP contribution in [0, 0.1) is 6.92 Å². The maximum Gasteiger partial charge on any atom is 0.335 e. The molecule has 2 aromatic rings. The van der Waals surface area contributed by atoms with Gasteiger partial charge in [0.05, 0.1) is 5.56 Å². The molecule has 14 heavy (non-hydrogen) atoms. The number of aromatic carboxylic acids is 1. The highest BCUT2D eigenvalue weighted by atomic mass is 16.4. The Balaban J connectivity index is 0.000000980. The maximum absolute atomic E-state index is 10.6. The van der Waals surface area contributed by atoms with Gasteiger partial charge in [0.25, 0.3) is 0 Å². The fourth-order valence-corrected chi connectivity index (χ4v) is 1.40. The Morgan fingerprint density at radius 3 is 2.79 bits per heavy atom. The molecule has 3 heteroatoms. The Labute approximate surface area is 82.4 Å². The molecule has 3 nitrogen and oxygen atoms in total. The number of aryl methyl sites for hydroxylation is 1. The van der Waals surface area contributed by atoms with Crippen molar-refractivity contribution in [1.29, 1.82) is 0 Å². The lowest BCUT2D eigenvalue weighted by atomic mass is 10.1. The third-order valence-corrected chi connectivity index (χ3v) is 2.14. The number of carbonyl (C=O) groups is 1. The number of fused-ring (bicyclic) bond motifs is 1. The summed E-state index contributed by atoms with van der Waals surface area (Å²) in [5, 5.41) is 9.81. The molecule has 0 saturated heterocycles. The number of hydrogen-bond acceptors (Lipinski definition) is 1. The third-order valence-electron chi connectivity index (χ3n) is 2.14. The van der Waals surface area contributed by atoms with Crippen LogP contribution in [0.4, 0.5) is 0 Å². The third kappa shape index (κ3) is 1.48. The summed E-state index contributed by atoms with van der Waals surface area (Å²) in [6.07, 6.45) is 1.87. The average Bonchev–Trinajstić information content (AvgIpc) is 2.47. The van der Waals surface area contributed by atoms with Gasteiger partial charge in [0.1, 0.15) is 0 Å². The molecule has 0 aliphatic heterocycles. The van der Waals surface area contributed by atoms with Gasteiger partial charge in [0, 0.05) is 17.1 Å². The number of H-pyrrole nitrogens is 1. The molecule has 74 valence electrons. The van der Waals surface area contributed by atoms with Crippen LogP contribution in [0.1, 0.15) is 23.3 Å². The minimum atomic E-state index is -0.894. The van der Waals surface area contributed by atoms with Crippen molar-refractivity contribution in [3.05, 3.63) is 35.5 Å². The predicted molar refractivity (Wildman–Crippen MR) is 56.7 cm³/mol. The van der Waals surface area contributed by atoms with E-state index in [4.69, 9.17) is 5.11 Å². The van der Waals surface area contributed by atoms with Crippen LogP contribution in [0.15, 0.2) is 24.4 Å². The molecule has 0 spiro atoms. The van der Waals surface area contributed by atoms with Crippen molar-refractivity contribution < 1.29 is 9.90 Å². The Hall–Kier alpha value is -1.77. The highest BCUT2D eigenvalue weighted by molar-refractivity contribution is 5.94. The topological polar surface area (TPSA) is 53.1 Å². The molecule has 2 rings (SSSR count). The van der Waals surface area contributed by atoms with Crippen molar-refractivity contribution in [2.45, 2.75) is 14.4 Å². The van der Waals surface area contributed by atoms with Gasteiger partial charge in [-0.05, 0) is 24.6 Å². The zero-order chi connectivity index (χ0) is 9.42. The van der Waals surface area contributed by atoms with Gasteiger partial charge in [-0.15, -0.1) is 0 Å². The van der Waals surface area contributed by atoms with Gasteiger partial charge in [-0.2, -0.15) is 0 Å². The number of aromatic amines is 1. The minimum absolute atomic E-state index is 0. The molecule has 1 heterocycles. The fraction of sp³-hybridized carbons (Fsp3) is 0.182. The largest absolute Gasteiger partial charge is 0.478 e. The van der Waals surface area contributed by atoms with E-state index in [2.05, 4.69) is 4.98 Å². The van der Waals surface area contributed by atoms with Crippen molar-refractivity contribution in [3.8, 4) is 0 Å². The maximum atomic E-state index is 10.6. The molecule has 0 saturated carbocycles. The number of carboxylic acid groups (broad SMARTS) is 1. The quantitative estimate of drug-likeness (QED) is 0.728. The van der Waals surface area contributed by atoms with Crippen molar-refractivity contribution in [1.82, 2.24) is 4.98 Å². The van der Waals surface area contributed by atoms with E-state index in [-0.39, 0.29) is 7.43 Å². The number of rotatable bonds is 1. The molecule has 0 unspecified atom stereocenters. The summed E-state index contributed by atoms with van der Waals surface area (Å²) in [6.45, 7) is 1.99. The normalized spacial score (nSPS) is 9.79. The number of carboxylic acids is 1. The van der Waals surface area contributed by atoms with Crippen LogP contribution in [0.5, 0.6) is 0 Å². The second-order valence-electron chi connectivity index (χ2n) is 3.04. The first-order valence-electron chi connectivity index (χ1n) is 3.99. The van der Waals surface area contributed by atoms with E-state index in [1.165, 1.54) is 0 Å². The van der Waals surface area contributed by atoms with Crippen molar-refractivity contribution in [2.75, 3.05) is 0 Å². The molecular weight excluding hydrogens is 178 g/mol. The monoisotopic (exact) mass is 191 g/mol. The summed E-state index contributed by atoms with van der Waals surface area (Å²) >= 11 is 0. The number of nitrogens with one attached hydrogen (secondary N) is 1. The number of hydrogen-bond donors (Lipinski definition) is 2. The predicted octanol–water partition coefficient (Wildman–Crippen LogP) is 2.81. The van der Waals surface area contributed by atoms with Gasteiger partial charge < -0.3 is 10.1 Å². The second kappa shape index (κ2) is 3.54. The van der Waals surface area contributed by atoms with E-state index >= 15 is 0 Å². The van der Waals surface area contributed by atoms with Crippen LogP contribution in [0.3, 0.4) is 0 Å². The van der Waals surface area contributed by atoms with Crippen LogP contribution in [-0.4, -0.2) is 16.1 Å². The van der Waals surface area contributed by atoms with Crippen LogP contribution in [0.2, 0.25) is 0 Å². The van der Waals surface area contributed by atoms with Gasteiger partial charge in [-0.3, -0.25) is 0 Å². The number of benzene rings is 1. The molecule has 0 bridgehead atoms. The lowest BCUT2D eigenvalue weighted by molar-refractivity contribution is 0.0697. The summed E-state index contributed by atoms with van der Waals surface area (Å²) in [5.41, 5.74) is 2.32. The number of aromatic nitrogens is 1. The molecule has 1 aromatic carbocycles. The molecule has 0 radical (unpaired) electrons. The highest BCUT2D eigenvalue weighted by Crippen LogP contribution is 2.18.